The summed E-state index contributed by atoms with van der Waals surface area (Å²) in [4.78, 5) is 12.4. The number of anilines is 1. The molecule has 102 valence electrons. The predicted molar refractivity (Wildman–Crippen MR) is 77.1 cm³/mol. The fraction of sp³-hybridized carbons (Fsp3) is 0.562. The van der Waals surface area contributed by atoms with Gasteiger partial charge in [-0.2, -0.15) is 0 Å². The van der Waals surface area contributed by atoms with E-state index in [4.69, 9.17) is 0 Å². The highest BCUT2D eigenvalue weighted by molar-refractivity contribution is 5.87. The molecule has 3 atom stereocenters. The van der Waals surface area contributed by atoms with Gasteiger partial charge in [0, 0.05) is 18.2 Å². The van der Waals surface area contributed by atoms with E-state index in [2.05, 4.69) is 23.6 Å². The summed E-state index contributed by atoms with van der Waals surface area (Å²) in [6.45, 7) is 2.25. The van der Waals surface area contributed by atoms with Crippen molar-refractivity contribution in [2.24, 2.45) is 5.92 Å². The highest BCUT2D eigenvalue weighted by Gasteiger charge is 2.29. The maximum Gasteiger partial charge on any atom is 0.243 e. The van der Waals surface area contributed by atoms with Gasteiger partial charge in [0.15, 0.2) is 0 Å². The standard InChI is InChI=1S/C16H22N2O/c1-11-6-2-4-8-13(11)18-16(19)15-10-12-7-3-5-9-14(12)17-15/h3,5,7,9,11,13,15,17H,2,4,6,8,10H2,1H3,(H,18,19)/t11?,13?,15-/m0/s1. The summed E-state index contributed by atoms with van der Waals surface area (Å²) < 4.78 is 0. The van der Waals surface area contributed by atoms with Crippen molar-refractivity contribution in [1.82, 2.24) is 5.32 Å². The van der Waals surface area contributed by atoms with Crippen molar-refractivity contribution in [3.05, 3.63) is 29.8 Å². The lowest BCUT2D eigenvalue weighted by atomic mass is 9.86. The van der Waals surface area contributed by atoms with Crippen molar-refractivity contribution < 1.29 is 4.79 Å². The molecule has 2 unspecified atom stereocenters. The normalized spacial score (nSPS) is 29.4. The monoisotopic (exact) mass is 258 g/mol. The van der Waals surface area contributed by atoms with Crippen molar-refractivity contribution >= 4 is 11.6 Å². The molecule has 1 amide bonds. The number of hydrogen-bond donors (Lipinski definition) is 2. The number of hydrogen-bond acceptors (Lipinski definition) is 2. The molecule has 0 saturated heterocycles. The van der Waals surface area contributed by atoms with Gasteiger partial charge in [0.05, 0.1) is 0 Å². The van der Waals surface area contributed by atoms with Crippen molar-refractivity contribution in [3.8, 4) is 0 Å². The van der Waals surface area contributed by atoms with Crippen LogP contribution in [0.5, 0.6) is 0 Å². The Morgan fingerprint density at radius 3 is 2.84 bits per heavy atom. The number of fused-ring (bicyclic) bond motifs is 1. The van der Waals surface area contributed by atoms with Crippen LogP contribution < -0.4 is 10.6 Å². The Morgan fingerprint density at radius 1 is 1.26 bits per heavy atom. The summed E-state index contributed by atoms with van der Waals surface area (Å²) in [5, 5.41) is 6.57. The summed E-state index contributed by atoms with van der Waals surface area (Å²) in [5.74, 6) is 0.774. The van der Waals surface area contributed by atoms with Crippen LogP contribution in [0.1, 0.15) is 38.2 Å². The third kappa shape index (κ3) is 2.60. The van der Waals surface area contributed by atoms with Crippen molar-refractivity contribution in [3.63, 3.8) is 0 Å². The average Bonchev–Trinajstić information content (AvgIpc) is 2.85. The minimum atomic E-state index is -0.0912. The fourth-order valence-electron chi connectivity index (χ4n) is 3.27. The van der Waals surface area contributed by atoms with Gasteiger partial charge in [0.2, 0.25) is 5.91 Å². The van der Waals surface area contributed by atoms with E-state index in [1.165, 1.54) is 24.8 Å². The number of rotatable bonds is 2. The van der Waals surface area contributed by atoms with Crippen molar-refractivity contribution in [1.29, 1.82) is 0 Å². The Bertz CT molecular complexity index is 447. The molecule has 3 rings (SSSR count). The number of amides is 1. The molecule has 19 heavy (non-hydrogen) atoms. The molecular weight excluding hydrogens is 236 g/mol. The Balaban J connectivity index is 1.60. The Labute approximate surface area is 114 Å². The molecule has 2 N–H and O–H groups in total. The second-order valence-electron chi connectivity index (χ2n) is 5.94. The average molecular weight is 258 g/mol. The number of carbonyl (C=O) groups is 1. The summed E-state index contributed by atoms with van der Waals surface area (Å²) in [5.41, 5.74) is 2.36. The minimum absolute atomic E-state index is 0.0912. The lowest BCUT2D eigenvalue weighted by Crippen LogP contribution is -2.47. The molecule has 1 saturated carbocycles. The summed E-state index contributed by atoms with van der Waals surface area (Å²) in [6.07, 6.45) is 5.73. The highest BCUT2D eigenvalue weighted by Crippen LogP contribution is 2.27. The number of benzene rings is 1. The number of nitrogens with one attached hydrogen (secondary N) is 2. The maximum atomic E-state index is 12.4. The van der Waals surface area contributed by atoms with Crippen LogP contribution >= 0.6 is 0 Å². The Hall–Kier alpha value is -1.51. The van der Waals surface area contributed by atoms with Gasteiger partial charge in [0.25, 0.3) is 0 Å². The van der Waals surface area contributed by atoms with Crippen LogP contribution in [0.25, 0.3) is 0 Å². The zero-order valence-corrected chi connectivity index (χ0v) is 11.5. The van der Waals surface area contributed by atoms with Crippen LogP contribution in [0.15, 0.2) is 24.3 Å². The number of para-hydroxylation sites is 1. The van der Waals surface area contributed by atoms with Crippen LogP contribution in [0.2, 0.25) is 0 Å². The second-order valence-corrected chi connectivity index (χ2v) is 5.94. The Morgan fingerprint density at radius 2 is 2.05 bits per heavy atom. The molecule has 0 spiro atoms. The van der Waals surface area contributed by atoms with Gasteiger partial charge in [-0.05, 0) is 30.4 Å². The summed E-state index contributed by atoms with van der Waals surface area (Å²) >= 11 is 0. The summed E-state index contributed by atoms with van der Waals surface area (Å²) in [7, 11) is 0. The molecule has 3 heteroatoms. The molecule has 0 radical (unpaired) electrons. The molecule has 1 heterocycles. The molecule has 0 bridgehead atoms. The molecule has 3 nitrogen and oxygen atoms in total. The van der Waals surface area contributed by atoms with Crippen LogP contribution in [-0.4, -0.2) is 18.0 Å². The van der Waals surface area contributed by atoms with E-state index >= 15 is 0 Å². The van der Waals surface area contributed by atoms with Gasteiger partial charge < -0.3 is 10.6 Å². The molecule has 1 aromatic rings. The van der Waals surface area contributed by atoms with Crippen LogP contribution in [0.3, 0.4) is 0 Å². The molecule has 1 fully saturated rings. The molecule has 1 aromatic carbocycles. The van der Waals surface area contributed by atoms with E-state index in [-0.39, 0.29) is 11.9 Å². The first-order valence-corrected chi connectivity index (χ1v) is 7.39. The first-order valence-electron chi connectivity index (χ1n) is 7.39. The van der Waals surface area contributed by atoms with Gasteiger partial charge in [0.1, 0.15) is 6.04 Å². The van der Waals surface area contributed by atoms with Crippen LogP contribution in [-0.2, 0) is 11.2 Å². The summed E-state index contributed by atoms with van der Waals surface area (Å²) in [6, 6.07) is 8.46. The van der Waals surface area contributed by atoms with Gasteiger partial charge in [-0.1, -0.05) is 38.0 Å². The third-order valence-corrected chi connectivity index (χ3v) is 4.53. The van der Waals surface area contributed by atoms with E-state index in [0.29, 0.717) is 12.0 Å². The molecule has 1 aliphatic carbocycles. The molecule has 2 aliphatic rings. The first-order chi connectivity index (χ1) is 9.24. The lowest BCUT2D eigenvalue weighted by Gasteiger charge is -2.30. The van der Waals surface area contributed by atoms with E-state index in [0.717, 1.165) is 18.5 Å². The smallest absolute Gasteiger partial charge is 0.243 e. The Kier molecular flexibility index (Phi) is 3.45. The van der Waals surface area contributed by atoms with Gasteiger partial charge in [-0.15, -0.1) is 0 Å². The van der Waals surface area contributed by atoms with Gasteiger partial charge in [-0.25, -0.2) is 0 Å². The molecule has 0 aromatic heterocycles. The highest BCUT2D eigenvalue weighted by atomic mass is 16.2. The second kappa shape index (κ2) is 5.24. The third-order valence-electron chi connectivity index (χ3n) is 4.53. The van der Waals surface area contributed by atoms with Gasteiger partial charge >= 0.3 is 0 Å². The SMILES string of the molecule is CC1CCCCC1NC(=O)[C@@H]1Cc2ccccc2N1. The van der Waals surface area contributed by atoms with Crippen molar-refractivity contribution in [2.45, 2.75) is 51.1 Å². The van der Waals surface area contributed by atoms with E-state index in [1.54, 1.807) is 0 Å². The molecular formula is C16H22N2O. The van der Waals surface area contributed by atoms with E-state index < -0.39 is 0 Å². The first kappa shape index (κ1) is 12.5. The largest absolute Gasteiger partial charge is 0.373 e. The zero-order chi connectivity index (χ0) is 13.2. The molecule has 1 aliphatic heterocycles. The topological polar surface area (TPSA) is 41.1 Å². The quantitative estimate of drug-likeness (QED) is 0.856. The number of carbonyl (C=O) groups excluding carboxylic acids is 1. The fourth-order valence-corrected chi connectivity index (χ4v) is 3.27. The van der Waals surface area contributed by atoms with Crippen LogP contribution in [0.4, 0.5) is 5.69 Å². The predicted octanol–water partition coefficient (Wildman–Crippen LogP) is 2.72. The van der Waals surface area contributed by atoms with E-state index in [1.807, 2.05) is 18.2 Å². The van der Waals surface area contributed by atoms with Crippen molar-refractivity contribution in [2.75, 3.05) is 5.32 Å². The minimum Gasteiger partial charge on any atom is -0.373 e. The maximum absolute atomic E-state index is 12.4. The van der Waals surface area contributed by atoms with Crippen LogP contribution in [0, 0.1) is 5.92 Å². The lowest BCUT2D eigenvalue weighted by molar-refractivity contribution is -0.123. The van der Waals surface area contributed by atoms with E-state index in [9.17, 15) is 4.79 Å². The van der Waals surface area contributed by atoms with Gasteiger partial charge in [-0.3, -0.25) is 4.79 Å². The zero-order valence-electron chi connectivity index (χ0n) is 11.5.